The minimum Gasteiger partial charge on any atom is -0.474 e. The van der Waals surface area contributed by atoms with Crippen LogP contribution in [0.5, 0.6) is 5.88 Å². The third-order valence-electron chi connectivity index (χ3n) is 6.83. The predicted molar refractivity (Wildman–Crippen MR) is 129 cm³/mol. The average Bonchev–Trinajstić information content (AvgIpc) is 3.41. The minimum atomic E-state index is 0.0904. The van der Waals surface area contributed by atoms with Gasteiger partial charge in [-0.1, -0.05) is 12.1 Å². The molecule has 2 aromatic heterocycles. The van der Waals surface area contributed by atoms with Gasteiger partial charge < -0.3 is 19.9 Å². The van der Waals surface area contributed by atoms with Crippen molar-refractivity contribution >= 4 is 34.7 Å². The number of ether oxygens (including phenoxy) is 1. The van der Waals surface area contributed by atoms with Gasteiger partial charge in [0.2, 0.25) is 17.7 Å². The van der Waals surface area contributed by atoms with E-state index in [0.29, 0.717) is 36.8 Å². The minimum absolute atomic E-state index is 0.0904. The van der Waals surface area contributed by atoms with Crippen LogP contribution in [0.3, 0.4) is 0 Å². The lowest BCUT2D eigenvalue weighted by Crippen LogP contribution is -2.40. The van der Waals surface area contributed by atoms with Crippen LogP contribution in [0, 0.1) is 0 Å². The zero-order chi connectivity index (χ0) is 23.2. The largest absolute Gasteiger partial charge is 0.474 e. The topological polar surface area (TPSA) is 87.7 Å². The van der Waals surface area contributed by atoms with Crippen LogP contribution in [0.2, 0.25) is 0 Å². The van der Waals surface area contributed by atoms with E-state index in [-0.39, 0.29) is 23.9 Å². The molecule has 8 nitrogen and oxygen atoms in total. The molecule has 172 valence electrons. The molecule has 1 aromatic carbocycles. The summed E-state index contributed by atoms with van der Waals surface area (Å²) in [6.45, 7) is 2.58. The first-order chi connectivity index (χ1) is 16.6. The number of anilines is 4. The number of nitrogens with one attached hydrogen (secondary N) is 1. The van der Waals surface area contributed by atoms with E-state index >= 15 is 0 Å². The number of hydrogen-bond donors (Lipinski definition) is 1. The molecule has 2 amide bonds. The number of benzene rings is 1. The van der Waals surface area contributed by atoms with Crippen LogP contribution in [0.15, 0.2) is 54.9 Å². The first kappa shape index (κ1) is 20.7. The number of pyridine rings is 2. The number of carbonyl (C=O) groups excluding carboxylic acids is 2. The monoisotopic (exact) mass is 455 g/mol. The molecular weight excluding hydrogens is 430 g/mol. The third kappa shape index (κ3) is 3.55. The highest BCUT2D eigenvalue weighted by atomic mass is 16.5. The van der Waals surface area contributed by atoms with Gasteiger partial charge in [0.25, 0.3) is 0 Å². The van der Waals surface area contributed by atoms with Gasteiger partial charge in [-0.2, -0.15) is 0 Å². The average molecular weight is 456 g/mol. The summed E-state index contributed by atoms with van der Waals surface area (Å²) in [5.41, 5.74) is 4.42. The van der Waals surface area contributed by atoms with Crippen molar-refractivity contribution in [1.29, 1.82) is 0 Å². The molecule has 3 aliphatic rings. The van der Waals surface area contributed by atoms with E-state index in [9.17, 15) is 9.59 Å². The summed E-state index contributed by atoms with van der Waals surface area (Å²) in [7, 11) is 0. The summed E-state index contributed by atoms with van der Waals surface area (Å²) in [4.78, 5) is 37.1. The van der Waals surface area contributed by atoms with E-state index in [2.05, 4.69) is 22.2 Å². The van der Waals surface area contributed by atoms with Gasteiger partial charge in [0.05, 0.1) is 17.9 Å². The van der Waals surface area contributed by atoms with Crippen LogP contribution in [0.25, 0.3) is 11.1 Å². The molecule has 0 bridgehead atoms. The number of amides is 2. The van der Waals surface area contributed by atoms with E-state index in [1.54, 1.807) is 6.20 Å². The molecule has 2 fully saturated rings. The molecule has 0 radical (unpaired) electrons. The smallest absolute Gasteiger partial charge is 0.238 e. The Morgan fingerprint density at radius 3 is 2.41 bits per heavy atom. The maximum absolute atomic E-state index is 12.3. The molecule has 2 saturated heterocycles. The van der Waals surface area contributed by atoms with Crippen LogP contribution < -0.4 is 19.9 Å². The Morgan fingerprint density at radius 1 is 0.912 bits per heavy atom. The number of fused-ring (bicyclic) bond motifs is 3. The van der Waals surface area contributed by atoms with Crippen molar-refractivity contribution in [2.45, 2.75) is 44.7 Å². The summed E-state index contributed by atoms with van der Waals surface area (Å²) in [5, 5.41) is 3.27. The van der Waals surface area contributed by atoms with Crippen molar-refractivity contribution < 1.29 is 14.3 Å². The number of rotatable bonds is 4. The number of hydrogen-bond acceptors (Lipinski definition) is 6. The van der Waals surface area contributed by atoms with Crippen LogP contribution in [0.1, 0.15) is 32.6 Å². The summed E-state index contributed by atoms with van der Waals surface area (Å²) in [6, 6.07) is 14.2. The van der Waals surface area contributed by atoms with Crippen LogP contribution in [-0.2, 0) is 9.59 Å². The second-order valence-electron chi connectivity index (χ2n) is 9.07. The van der Waals surface area contributed by atoms with Crippen LogP contribution >= 0.6 is 0 Å². The van der Waals surface area contributed by atoms with Crippen LogP contribution in [-0.4, -0.2) is 40.5 Å². The maximum atomic E-state index is 12.3. The highest BCUT2D eigenvalue weighted by Gasteiger charge is 2.38. The van der Waals surface area contributed by atoms with Crippen molar-refractivity contribution in [3.05, 3.63) is 54.9 Å². The van der Waals surface area contributed by atoms with E-state index in [1.807, 2.05) is 58.5 Å². The fraction of sp³-hybridized carbons (Fsp3) is 0.308. The second kappa shape index (κ2) is 8.13. The van der Waals surface area contributed by atoms with Crippen molar-refractivity contribution in [3.63, 3.8) is 0 Å². The van der Waals surface area contributed by atoms with Gasteiger partial charge >= 0.3 is 0 Å². The Morgan fingerprint density at radius 2 is 1.68 bits per heavy atom. The van der Waals surface area contributed by atoms with Crippen molar-refractivity contribution in [2.24, 2.45) is 0 Å². The highest BCUT2D eigenvalue weighted by Crippen LogP contribution is 2.39. The molecule has 3 aromatic rings. The lowest BCUT2D eigenvalue weighted by atomic mass is 10.1. The summed E-state index contributed by atoms with van der Waals surface area (Å²) in [5.74, 6) is 1.48. The second-order valence-corrected chi connectivity index (χ2v) is 9.07. The molecule has 0 unspecified atom stereocenters. The van der Waals surface area contributed by atoms with Gasteiger partial charge in [0, 0.05) is 36.3 Å². The summed E-state index contributed by atoms with van der Waals surface area (Å²) >= 11 is 0. The van der Waals surface area contributed by atoms with Gasteiger partial charge in [-0.3, -0.25) is 9.59 Å². The zero-order valence-electron chi connectivity index (χ0n) is 18.9. The Kier molecular flexibility index (Phi) is 4.94. The van der Waals surface area contributed by atoms with Crippen LogP contribution in [0.4, 0.5) is 22.9 Å². The van der Waals surface area contributed by atoms with Crippen molar-refractivity contribution in [1.82, 2.24) is 9.97 Å². The van der Waals surface area contributed by atoms with Gasteiger partial charge in [-0.05, 0) is 55.7 Å². The molecule has 0 aliphatic carbocycles. The fourth-order valence-electron chi connectivity index (χ4n) is 5.03. The quantitative estimate of drug-likeness (QED) is 0.632. The lowest BCUT2D eigenvalue weighted by Gasteiger charge is -2.31. The fourth-order valence-corrected chi connectivity index (χ4v) is 5.03. The molecule has 0 saturated carbocycles. The van der Waals surface area contributed by atoms with Crippen molar-refractivity contribution in [2.75, 3.05) is 21.7 Å². The molecule has 6 rings (SSSR count). The molecule has 1 N–H and O–H groups in total. The number of nitrogens with zero attached hydrogens (tertiary/aromatic N) is 4. The predicted octanol–water partition coefficient (Wildman–Crippen LogP) is 4.29. The SMILES string of the molecule is C[C@@H]1CCC(=O)N1c1ccc(-c2ccc(Nc3cnc4c(c3)N3C(=O)CC[C@H]3CO4)nc2)cc1. The lowest BCUT2D eigenvalue weighted by molar-refractivity contribution is -0.118. The van der Waals surface area contributed by atoms with E-state index in [1.165, 1.54) is 0 Å². The molecule has 0 spiro atoms. The van der Waals surface area contributed by atoms with E-state index in [4.69, 9.17) is 4.74 Å². The Hall–Kier alpha value is -3.94. The van der Waals surface area contributed by atoms with Gasteiger partial charge in [0.15, 0.2) is 0 Å². The number of aromatic nitrogens is 2. The van der Waals surface area contributed by atoms with Gasteiger partial charge in [0.1, 0.15) is 18.1 Å². The molecular formula is C26H25N5O3. The third-order valence-corrected chi connectivity index (χ3v) is 6.83. The summed E-state index contributed by atoms with van der Waals surface area (Å²) in [6.07, 6.45) is 6.38. The molecule has 34 heavy (non-hydrogen) atoms. The van der Waals surface area contributed by atoms with Gasteiger partial charge in [-0.25, -0.2) is 9.97 Å². The Bertz CT molecular complexity index is 1260. The normalized spacial score (nSPS) is 21.3. The maximum Gasteiger partial charge on any atom is 0.238 e. The van der Waals surface area contributed by atoms with E-state index in [0.717, 1.165) is 35.3 Å². The first-order valence-electron chi connectivity index (χ1n) is 11.7. The first-order valence-corrected chi connectivity index (χ1v) is 11.7. The molecule has 8 heteroatoms. The Balaban J connectivity index is 1.18. The molecule has 2 atom stereocenters. The molecule has 3 aliphatic heterocycles. The standard InChI is InChI=1S/C26H25N5O3/c1-16-2-10-24(32)30(16)20-6-3-17(4-7-20)18-5-9-23(27-13-18)29-19-12-22-26(28-14-19)34-15-21-8-11-25(33)31(21)22/h3-7,9,12-14,16,21H,2,8,10-11,15H2,1H3,(H,27,29)/t16-,21+/m1/s1. The molecule has 5 heterocycles. The summed E-state index contributed by atoms with van der Waals surface area (Å²) < 4.78 is 5.74. The van der Waals surface area contributed by atoms with Gasteiger partial charge in [-0.15, -0.1) is 0 Å². The van der Waals surface area contributed by atoms with Crippen molar-refractivity contribution in [3.8, 4) is 17.0 Å². The van der Waals surface area contributed by atoms with E-state index < -0.39 is 0 Å². The number of carbonyl (C=O) groups is 2. The highest BCUT2D eigenvalue weighted by molar-refractivity contribution is 5.98. The Labute approximate surface area is 197 Å². The zero-order valence-corrected chi connectivity index (χ0v) is 18.9.